The summed E-state index contributed by atoms with van der Waals surface area (Å²) in [6.07, 6.45) is 9.71. The molecule has 10 rings (SSSR count). The molecule has 0 unspecified atom stereocenters. The normalized spacial score (nSPS) is 11.1. The Morgan fingerprint density at radius 1 is 0.434 bits per heavy atom. The van der Waals surface area contributed by atoms with Crippen molar-refractivity contribution in [3.8, 4) is 90.4 Å². The van der Waals surface area contributed by atoms with E-state index >= 15 is 0 Å². The standard InChI is InChI=1S/C70H56N5.Ir/c1-47-33-35-74-69(36-47)54-24-20-50(21-25-54)15-17-52-37-51(16-14-49-18-22-53(23-19-49)68-32-13-48(2)46-75-68)38-59(39-52)62-10-6-7-11-64(62)65-31-29-57(67-12-8-9-34-73-67)42-66(65)63-30-28-56(41-61(63)45-72)55-26-27-58(44-71)60(40-55)43-70(3,4)5;/h6-13,18-22,24,26-28,30-42,46H,14-17,43H2,1-5H3;/q-3;+3. The molecule has 7 aromatic carbocycles. The molecule has 76 heavy (non-hydrogen) atoms. The number of aromatic nitrogens is 3. The largest absolute Gasteiger partial charge is 3.00 e. The van der Waals surface area contributed by atoms with Crippen molar-refractivity contribution in [3.63, 3.8) is 0 Å². The number of nitriles is 2. The molecule has 370 valence electrons. The summed E-state index contributed by atoms with van der Waals surface area (Å²) in [7, 11) is 0. The van der Waals surface area contributed by atoms with Crippen molar-refractivity contribution in [3.05, 3.63) is 257 Å². The van der Waals surface area contributed by atoms with E-state index in [9.17, 15) is 10.5 Å². The minimum atomic E-state index is -0.00396. The number of hydrogen-bond donors (Lipinski definition) is 0. The van der Waals surface area contributed by atoms with Crippen LogP contribution in [0.5, 0.6) is 0 Å². The van der Waals surface area contributed by atoms with E-state index in [0.717, 1.165) is 122 Å². The number of aryl methyl sites for hydroxylation is 6. The third-order valence-electron chi connectivity index (χ3n) is 13.7. The van der Waals surface area contributed by atoms with Crippen LogP contribution in [0, 0.1) is 60.1 Å². The number of pyridine rings is 3. The van der Waals surface area contributed by atoms with Crippen molar-refractivity contribution >= 4 is 0 Å². The van der Waals surface area contributed by atoms with Gasteiger partial charge in [-0.25, -0.2) is 0 Å². The fourth-order valence-electron chi connectivity index (χ4n) is 9.87. The molecule has 0 fully saturated rings. The summed E-state index contributed by atoms with van der Waals surface area (Å²) < 4.78 is 0. The van der Waals surface area contributed by atoms with Crippen molar-refractivity contribution < 1.29 is 20.1 Å². The second kappa shape index (κ2) is 23.4. The van der Waals surface area contributed by atoms with Crippen LogP contribution in [-0.4, -0.2) is 15.0 Å². The van der Waals surface area contributed by atoms with Crippen LogP contribution >= 0.6 is 0 Å². The van der Waals surface area contributed by atoms with Crippen LogP contribution in [0.25, 0.3) is 78.3 Å². The van der Waals surface area contributed by atoms with Crippen LogP contribution in [0.3, 0.4) is 0 Å². The van der Waals surface area contributed by atoms with Gasteiger partial charge in [0.25, 0.3) is 0 Å². The van der Waals surface area contributed by atoms with Crippen molar-refractivity contribution in [2.45, 2.75) is 66.7 Å². The van der Waals surface area contributed by atoms with Crippen molar-refractivity contribution in [1.29, 1.82) is 10.5 Å². The van der Waals surface area contributed by atoms with Gasteiger partial charge in [0.15, 0.2) is 0 Å². The van der Waals surface area contributed by atoms with Gasteiger partial charge in [-0.05, 0) is 136 Å². The number of benzene rings is 7. The predicted molar refractivity (Wildman–Crippen MR) is 304 cm³/mol. The Labute approximate surface area is 462 Å². The van der Waals surface area contributed by atoms with Gasteiger partial charge in [0.05, 0.1) is 23.3 Å². The Hall–Kier alpha value is -8.38. The molecule has 0 spiro atoms. The van der Waals surface area contributed by atoms with Gasteiger partial charge >= 0.3 is 20.1 Å². The second-order valence-electron chi connectivity index (χ2n) is 20.7. The van der Waals surface area contributed by atoms with E-state index in [-0.39, 0.29) is 25.5 Å². The minimum Gasteiger partial charge on any atom is -0.305 e. The quantitative estimate of drug-likeness (QED) is 0.101. The van der Waals surface area contributed by atoms with E-state index in [1.165, 1.54) is 27.8 Å². The smallest absolute Gasteiger partial charge is 0.305 e. The van der Waals surface area contributed by atoms with Gasteiger partial charge in [0.2, 0.25) is 0 Å². The molecule has 0 amide bonds. The van der Waals surface area contributed by atoms with Gasteiger partial charge in [-0.3, -0.25) is 0 Å². The first kappa shape index (κ1) is 52.5. The third-order valence-corrected chi connectivity index (χ3v) is 13.7. The number of rotatable bonds is 14. The molecule has 0 N–H and O–H groups in total. The Morgan fingerprint density at radius 2 is 1.07 bits per heavy atom. The van der Waals surface area contributed by atoms with E-state index in [2.05, 4.69) is 202 Å². The third kappa shape index (κ3) is 12.4. The molecule has 0 atom stereocenters. The molecule has 3 aromatic heterocycles. The number of hydrogen-bond acceptors (Lipinski definition) is 5. The first-order valence-electron chi connectivity index (χ1n) is 25.6. The van der Waals surface area contributed by atoms with Crippen LogP contribution in [-0.2, 0) is 52.2 Å². The van der Waals surface area contributed by atoms with Crippen molar-refractivity contribution in [1.82, 2.24) is 15.0 Å². The molecule has 6 heteroatoms. The molecule has 0 aliphatic rings. The molecular weight excluding hydrogens is 1100 g/mol. The van der Waals surface area contributed by atoms with Crippen molar-refractivity contribution in [2.24, 2.45) is 5.41 Å². The predicted octanol–water partition coefficient (Wildman–Crippen LogP) is 16.5. The fourth-order valence-corrected chi connectivity index (χ4v) is 9.87. The maximum atomic E-state index is 11.0. The second-order valence-corrected chi connectivity index (χ2v) is 20.7. The van der Waals surface area contributed by atoms with Crippen LogP contribution in [0.15, 0.2) is 188 Å². The van der Waals surface area contributed by atoms with Crippen LogP contribution < -0.4 is 0 Å². The maximum absolute atomic E-state index is 11.0. The first-order valence-corrected chi connectivity index (χ1v) is 25.6. The number of nitrogens with zero attached hydrogens (tertiary/aromatic N) is 5. The average molecular weight is 1160 g/mol. The molecular formula is C70H56IrN5. The molecule has 0 saturated carbocycles. The van der Waals surface area contributed by atoms with E-state index in [1.54, 1.807) is 6.20 Å². The molecule has 0 radical (unpaired) electrons. The molecule has 0 bridgehead atoms. The molecule has 0 aliphatic heterocycles. The molecule has 0 saturated heterocycles. The maximum Gasteiger partial charge on any atom is 3.00 e. The summed E-state index contributed by atoms with van der Waals surface area (Å²) in [6.45, 7) is 10.7. The zero-order valence-electron chi connectivity index (χ0n) is 43.5. The van der Waals surface area contributed by atoms with Gasteiger partial charge in [-0.1, -0.05) is 147 Å². The first-order chi connectivity index (χ1) is 36.5. The molecule has 5 nitrogen and oxygen atoms in total. The zero-order valence-corrected chi connectivity index (χ0v) is 45.9. The van der Waals surface area contributed by atoms with Crippen LogP contribution in [0.1, 0.15) is 70.8 Å². The summed E-state index contributed by atoms with van der Waals surface area (Å²) >= 11 is 0. The zero-order chi connectivity index (χ0) is 51.9. The summed E-state index contributed by atoms with van der Waals surface area (Å²) in [5.74, 6) is 0. The summed E-state index contributed by atoms with van der Waals surface area (Å²) in [6, 6.07) is 74.6. The van der Waals surface area contributed by atoms with Crippen LogP contribution in [0.4, 0.5) is 0 Å². The summed E-state index contributed by atoms with van der Waals surface area (Å²) in [5.41, 5.74) is 22.8. The SMILES string of the molecule is Cc1ccc(-c2[c-]cc(CCc3cc(CCc4c[c-]c(-c5cc(C)ccn5)cc4)cc(-c4ccccc4-c4c[c-]c(-c5ccccn5)cc4-c4ccc(-c5ccc(C#N)c(CC(C)(C)C)c5)cc4C#N)c3)cc2)nc1.[Ir+3]. The van der Waals surface area contributed by atoms with E-state index in [1.807, 2.05) is 54.9 Å². The minimum absolute atomic E-state index is 0. The average Bonchev–Trinajstić information content (AvgIpc) is 3.45. The van der Waals surface area contributed by atoms with E-state index in [4.69, 9.17) is 4.98 Å². The Kier molecular flexibility index (Phi) is 16.2. The van der Waals surface area contributed by atoms with E-state index < -0.39 is 0 Å². The fraction of sp³-hybridized carbons (Fsp3) is 0.157. The Morgan fingerprint density at radius 3 is 1.70 bits per heavy atom. The Bertz CT molecular complexity index is 3750. The van der Waals surface area contributed by atoms with Crippen LogP contribution in [0.2, 0.25) is 0 Å². The van der Waals surface area contributed by atoms with Gasteiger partial charge < -0.3 is 15.0 Å². The Balaban J connectivity index is 0.00000706. The topological polar surface area (TPSA) is 86.2 Å². The van der Waals surface area contributed by atoms with Gasteiger partial charge in [0.1, 0.15) is 0 Å². The van der Waals surface area contributed by atoms with E-state index in [0.29, 0.717) is 11.1 Å². The van der Waals surface area contributed by atoms with Gasteiger partial charge in [-0.2, -0.15) is 10.5 Å². The molecule has 3 heterocycles. The monoisotopic (exact) mass is 1160 g/mol. The van der Waals surface area contributed by atoms with Gasteiger partial charge in [-0.15, -0.1) is 94.5 Å². The molecule has 0 aliphatic carbocycles. The van der Waals surface area contributed by atoms with Gasteiger partial charge in [0, 0.05) is 18.6 Å². The summed E-state index contributed by atoms with van der Waals surface area (Å²) in [5, 5.41) is 21.0. The van der Waals surface area contributed by atoms with Crippen molar-refractivity contribution in [2.75, 3.05) is 0 Å². The molecule has 10 aromatic rings. The summed E-state index contributed by atoms with van der Waals surface area (Å²) in [4.78, 5) is 13.9.